The summed E-state index contributed by atoms with van der Waals surface area (Å²) in [7, 11) is 0. The second kappa shape index (κ2) is 8.66. The molecule has 5 heteroatoms. The van der Waals surface area contributed by atoms with E-state index in [0.29, 0.717) is 0 Å². The molecule has 2 rings (SSSR count). The molecule has 1 aliphatic carbocycles. The highest BCUT2D eigenvalue weighted by molar-refractivity contribution is 7.75. The molecule has 132 valence electrons. The first kappa shape index (κ1) is 19.0. The van der Waals surface area contributed by atoms with Gasteiger partial charge in [0.1, 0.15) is 24.6 Å². The average molecular weight is 350 g/mol. The Morgan fingerprint density at radius 1 is 1.17 bits per heavy atom. The van der Waals surface area contributed by atoms with Gasteiger partial charge in [-0.15, -0.1) is 6.42 Å². The minimum atomic E-state index is -1.83. The van der Waals surface area contributed by atoms with Crippen molar-refractivity contribution < 1.29 is 17.3 Å². The Kier molecular flexibility index (Phi) is 6.85. The van der Waals surface area contributed by atoms with Gasteiger partial charge in [0.25, 0.3) is 0 Å². The van der Waals surface area contributed by atoms with Crippen molar-refractivity contribution in [3.63, 3.8) is 0 Å². The van der Waals surface area contributed by atoms with Crippen LogP contribution in [0.15, 0.2) is 24.3 Å². The lowest BCUT2D eigenvalue weighted by atomic mass is 9.87. The summed E-state index contributed by atoms with van der Waals surface area (Å²) in [6.07, 6.45) is 8.49. The lowest BCUT2D eigenvalue weighted by molar-refractivity contribution is 0.0239. The van der Waals surface area contributed by atoms with E-state index in [2.05, 4.69) is 38.8 Å². The van der Waals surface area contributed by atoms with Gasteiger partial charge in [-0.25, -0.2) is 0 Å². The van der Waals surface area contributed by atoms with Gasteiger partial charge < -0.3 is 4.74 Å². The molecule has 24 heavy (non-hydrogen) atoms. The van der Waals surface area contributed by atoms with Crippen molar-refractivity contribution in [3.8, 4) is 18.1 Å². The average Bonchev–Trinajstić information content (AvgIpc) is 2.54. The molecule has 1 fully saturated rings. The number of ether oxygens (including phenoxy) is 1. The van der Waals surface area contributed by atoms with Gasteiger partial charge in [-0.2, -0.15) is 4.21 Å². The number of hydrogen-bond donors (Lipinski definition) is 0. The SMILES string of the molecule is C#CCO[S@@](=O)O[C@H]1CCCC[C@H]1Oc1ccc(C(C)(C)C)cc1. The van der Waals surface area contributed by atoms with E-state index in [1.807, 2.05) is 12.1 Å². The maximum atomic E-state index is 11.7. The van der Waals surface area contributed by atoms with E-state index in [4.69, 9.17) is 19.5 Å². The first-order chi connectivity index (χ1) is 11.4. The van der Waals surface area contributed by atoms with Gasteiger partial charge in [-0.1, -0.05) is 45.2 Å². The summed E-state index contributed by atoms with van der Waals surface area (Å²) in [5.41, 5.74) is 1.37. The van der Waals surface area contributed by atoms with Crippen molar-refractivity contribution in [1.82, 2.24) is 0 Å². The maximum absolute atomic E-state index is 11.7. The fourth-order valence-electron chi connectivity index (χ4n) is 2.73. The second-order valence-corrected chi connectivity index (χ2v) is 7.86. The highest BCUT2D eigenvalue weighted by Crippen LogP contribution is 2.29. The molecule has 1 aromatic rings. The molecule has 0 N–H and O–H groups in total. The highest BCUT2D eigenvalue weighted by Gasteiger charge is 2.30. The van der Waals surface area contributed by atoms with Crippen LogP contribution in [0.1, 0.15) is 52.0 Å². The van der Waals surface area contributed by atoms with Gasteiger partial charge in [0.05, 0.1) is 0 Å². The van der Waals surface area contributed by atoms with Crippen molar-refractivity contribution in [3.05, 3.63) is 29.8 Å². The summed E-state index contributed by atoms with van der Waals surface area (Å²) < 4.78 is 28.2. The van der Waals surface area contributed by atoms with Gasteiger partial charge in [0.2, 0.25) is 0 Å². The monoisotopic (exact) mass is 350 g/mol. The van der Waals surface area contributed by atoms with Crippen LogP contribution in [-0.2, 0) is 25.1 Å². The van der Waals surface area contributed by atoms with Gasteiger partial charge >= 0.3 is 11.4 Å². The fourth-order valence-corrected chi connectivity index (χ4v) is 3.37. The van der Waals surface area contributed by atoms with E-state index in [9.17, 15) is 4.21 Å². The molecule has 1 aliphatic rings. The normalized spacial score (nSPS) is 22.6. The Bertz CT molecular complexity index is 583. The molecule has 0 aromatic heterocycles. The van der Waals surface area contributed by atoms with Crippen LogP contribution in [0, 0.1) is 12.3 Å². The van der Waals surface area contributed by atoms with Crippen LogP contribution in [0.2, 0.25) is 0 Å². The molecule has 0 bridgehead atoms. The van der Waals surface area contributed by atoms with Crippen LogP contribution in [-0.4, -0.2) is 23.0 Å². The lowest BCUT2D eigenvalue weighted by Gasteiger charge is -2.30. The summed E-state index contributed by atoms with van der Waals surface area (Å²) in [6, 6.07) is 8.14. The number of benzene rings is 1. The Morgan fingerprint density at radius 2 is 1.79 bits per heavy atom. The quantitative estimate of drug-likeness (QED) is 0.730. The van der Waals surface area contributed by atoms with Crippen molar-refractivity contribution in [1.29, 1.82) is 0 Å². The van der Waals surface area contributed by atoms with E-state index in [-0.39, 0.29) is 24.2 Å². The second-order valence-electron chi connectivity index (χ2n) is 7.02. The van der Waals surface area contributed by atoms with Crippen molar-refractivity contribution in [2.75, 3.05) is 6.61 Å². The summed E-state index contributed by atoms with van der Waals surface area (Å²) in [5, 5.41) is 0. The number of hydrogen-bond acceptors (Lipinski definition) is 4. The van der Waals surface area contributed by atoms with Crippen molar-refractivity contribution >= 4 is 11.4 Å². The zero-order chi connectivity index (χ0) is 17.6. The van der Waals surface area contributed by atoms with Gasteiger partial charge in [-0.3, -0.25) is 8.37 Å². The Balaban J connectivity index is 1.98. The summed E-state index contributed by atoms with van der Waals surface area (Å²) in [4.78, 5) is 0. The highest BCUT2D eigenvalue weighted by atomic mass is 32.2. The molecule has 0 unspecified atom stereocenters. The maximum Gasteiger partial charge on any atom is 0.305 e. The van der Waals surface area contributed by atoms with Crippen LogP contribution in [0.5, 0.6) is 5.75 Å². The van der Waals surface area contributed by atoms with Crippen LogP contribution < -0.4 is 4.74 Å². The van der Waals surface area contributed by atoms with E-state index >= 15 is 0 Å². The molecule has 0 heterocycles. The third kappa shape index (κ3) is 5.62. The Morgan fingerprint density at radius 3 is 2.38 bits per heavy atom. The topological polar surface area (TPSA) is 44.8 Å². The van der Waals surface area contributed by atoms with Gasteiger partial charge in [0.15, 0.2) is 0 Å². The Hall–Kier alpha value is -1.35. The zero-order valence-electron chi connectivity index (χ0n) is 14.6. The standard InChI is InChI=1S/C19H26O4S/c1-5-14-21-24(20)23-18-9-7-6-8-17(18)22-16-12-10-15(11-13-16)19(2,3)4/h1,10-13,17-18H,6-9,14H2,2-4H3/t17-,18+,24-/m1/s1. The largest absolute Gasteiger partial charge is 0.488 e. The molecular weight excluding hydrogens is 324 g/mol. The third-order valence-corrected chi connectivity index (χ3v) is 4.81. The third-order valence-electron chi connectivity index (χ3n) is 4.09. The van der Waals surface area contributed by atoms with Crippen molar-refractivity contribution in [2.45, 2.75) is 64.1 Å². The molecule has 0 saturated heterocycles. The predicted octanol–water partition coefficient (Wildman–Crippen LogP) is 3.92. The fraction of sp³-hybridized carbons (Fsp3) is 0.579. The predicted molar refractivity (Wildman–Crippen MR) is 95.8 cm³/mol. The van der Waals surface area contributed by atoms with Gasteiger partial charge in [-0.05, 0) is 42.4 Å². The van der Waals surface area contributed by atoms with E-state index < -0.39 is 11.4 Å². The zero-order valence-corrected chi connectivity index (χ0v) is 15.4. The summed E-state index contributed by atoms with van der Waals surface area (Å²) >= 11 is -1.83. The van der Waals surface area contributed by atoms with E-state index in [0.717, 1.165) is 31.4 Å². The van der Waals surface area contributed by atoms with Crippen molar-refractivity contribution in [2.24, 2.45) is 0 Å². The molecular formula is C19H26O4S. The smallest absolute Gasteiger partial charge is 0.305 e. The lowest BCUT2D eigenvalue weighted by Crippen LogP contribution is -2.37. The number of rotatable bonds is 6. The Labute approximate surface area is 147 Å². The molecule has 0 amide bonds. The number of terminal acetylenes is 1. The molecule has 0 spiro atoms. The minimum absolute atomic E-state index is 0.0287. The van der Waals surface area contributed by atoms with Crippen LogP contribution in [0.25, 0.3) is 0 Å². The summed E-state index contributed by atoms with van der Waals surface area (Å²) in [6.45, 7) is 6.51. The van der Waals surface area contributed by atoms with Gasteiger partial charge in [0, 0.05) is 0 Å². The first-order valence-corrected chi connectivity index (χ1v) is 9.33. The van der Waals surface area contributed by atoms with E-state index in [1.54, 1.807) is 0 Å². The minimum Gasteiger partial charge on any atom is -0.488 e. The molecule has 4 nitrogen and oxygen atoms in total. The van der Waals surface area contributed by atoms with Crippen LogP contribution in [0.4, 0.5) is 0 Å². The molecule has 0 aliphatic heterocycles. The van der Waals surface area contributed by atoms with Crippen LogP contribution >= 0.6 is 0 Å². The summed E-state index contributed by atoms with van der Waals surface area (Å²) in [5.74, 6) is 3.08. The molecule has 0 radical (unpaired) electrons. The molecule has 1 saturated carbocycles. The molecule has 1 aromatic carbocycles. The van der Waals surface area contributed by atoms with E-state index in [1.165, 1.54) is 5.56 Å². The van der Waals surface area contributed by atoms with Crippen LogP contribution in [0.3, 0.4) is 0 Å². The first-order valence-electron chi connectivity index (χ1n) is 8.33. The molecule has 3 atom stereocenters.